The summed E-state index contributed by atoms with van der Waals surface area (Å²) in [7, 11) is -3.76. The van der Waals surface area contributed by atoms with E-state index in [0.717, 1.165) is 0 Å². The zero-order valence-corrected chi connectivity index (χ0v) is 13.9. The Morgan fingerprint density at radius 2 is 1.75 bits per heavy atom. The maximum Gasteiger partial charge on any atom is 0.239 e. The van der Waals surface area contributed by atoms with Gasteiger partial charge in [-0.1, -0.05) is 29.8 Å². The fraction of sp³-hybridized carbons (Fsp3) is 0.125. The Balaban J connectivity index is 2.02. The molecule has 0 bridgehead atoms. The largest absolute Gasteiger partial charge is 0.545 e. The minimum Gasteiger partial charge on any atom is -0.545 e. The highest BCUT2D eigenvalue weighted by Crippen LogP contribution is 2.14. The van der Waals surface area contributed by atoms with Gasteiger partial charge in [-0.25, -0.2) is 8.42 Å². The van der Waals surface area contributed by atoms with E-state index in [1.807, 2.05) is 0 Å². The van der Waals surface area contributed by atoms with Crippen LogP contribution < -0.4 is 10.4 Å². The lowest BCUT2D eigenvalue weighted by Crippen LogP contribution is -2.24. The summed E-state index contributed by atoms with van der Waals surface area (Å²) < 4.78 is 24.2. The number of carbonyl (C=O) groups excluding carboxylic acids is 2. The van der Waals surface area contributed by atoms with E-state index < -0.39 is 33.2 Å². The van der Waals surface area contributed by atoms with Crippen LogP contribution in [0, 0.1) is 0 Å². The molecule has 0 heterocycles. The molecule has 126 valence electrons. The van der Waals surface area contributed by atoms with Gasteiger partial charge in [-0.3, -0.25) is 4.79 Å². The predicted molar refractivity (Wildman–Crippen MR) is 88.3 cm³/mol. The molecule has 2 aromatic carbocycles. The van der Waals surface area contributed by atoms with Crippen molar-refractivity contribution in [1.29, 1.82) is 0 Å². The summed E-state index contributed by atoms with van der Waals surface area (Å²) in [6.07, 6.45) is 0. The van der Waals surface area contributed by atoms with E-state index in [-0.39, 0.29) is 11.1 Å². The molecular weight excluding hydrogens is 354 g/mol. The molecule has 6 nitrogen and oxygen atoms in total. The number of hydrogen-bond acceptors (Lipinski definition) is 5. The van der Waals surface area contributed by atoms with Gasteiger partial charge in [0.25, 0.3) is 0 Å². The minimum absolute atomic E-state index is 0.117. The number of amides is 1. The lowest BCUT2D eigenvalue weighted by atomic mass is 10.1. The number of anilines is 1. The lowest BCUT2D eigenvalue weighted by molar-refractivity contribution is -0.255. The van der Waals surface area contributed by atoms with Gasteiger partial charge in [0.1, 0.15) is 5.75 Å². The molecule has 8 heteroatoms. The smallest absolute Gasteiger partial charge is 0.239 e. The minimum atomic E-state index is -3.76. The van der Waals surface area contributed by atoms with Crippen LogP contribution in [0.3, 0.4) is 0 Å². The van der Waals surface area contributed by atoms with Crippen molar-refractivity contribution in [3.05, 3.63) is 64.7 Å². The van der Waals surface area contributed by atoms with Crippen LogP contribution in [0.1, 0.15) is 15.9 Å². The maximum atomic E-state index is 12.1. The van der Waals surface area contributed by atoms with Gasteiger partial charge in [-0.15, -0.1) is 0 Å². The summed E-state index contributed by atoms with van der Waals surface area (Å²) in [5.41, 5.74) is 0.586. The maximum absolute atomic E-state index is 12.1. The molecule has 0 spiro atoms. The number of carboxylic acid groups (broad SMARTS) is 1. The first-order chi connectivity index (χ1) is 11.2. The van der Waals surface area contributed by atoms with Gasteiger partial charge in [0, 0.05) is 10.7 Å². The van der Waals surface area contributed by atoms with Gasteiger partial charge in [0.05, 0.1) is 11.7 Å². The molecule has 0 saturated carbocycles. The third-order valence-electron chi connectivity index (χ3n) is 3.03. The first kappa shape index (κ1) is 18.0. The van der Waals surface area contributed by atoms with Crippen molar-refractivity contribution in [2.75, 3.05) is 11.1 Å². The number of sulfone groups is 1. The highest BCUT2D eigenvalue weighted by molar-refractivity contribution is 7.91. The van der Waals surface area contributed by atoms with Crippen molar-refractivity contribution in [2.24, 2.45) is 0 Å². The van der Waals surface area contributed by atoms with Gasteiger partial charge in [-0.2, -0.15) is 0 Å². The van der Waals surface area contributed by atoms with Gasteiger partial charge >= 0.3 is 0 Å². The number of halogens is 1. The summed E-state index contributed by atoms with van der Waals surface area (Å²) in [6, 6.07) is 11.6. The second-order valence-corrected chi connectivity index (χ2v) is 7.58. The molecule has 0 fully saturated rings. The summed E-state index contributed by atoms with van der Waals surface area (Å²) in [5, 5.41) is 13.7. The lowest BCUT2D eigenvalue weighted by Gasteiger charge is -2.08. The molecule has 0 aromatic heterocycles. The van der Waals surface area contributed by atoms with Crippen molar-refractivity contribution in [3.63, 3.8) is 0 Å². The third-order valence-corrected chi connectivity index (χ3v) is 4.76. The summed E-state index contributed by atoms with van der Waals surface area (Å²) in [6.45, 7) is 0. The molecule has 0 aliphatic carbocycles. The molecule has 1 N–H and O–H groups in total. The Morgan fingerprint density at radius 3 is 2.38 bits per heavy atom. The number of rotatable bonds is 6. The molecule has 2 rings (SSSR count). The van der Waals surface area contributed by atoms with Crippen LogP contribution in [0.5, 0.6) is 0 Å². The molecule has 0 atom stereocenters. The average molecular weight is 367 g/mol. The quantitative estimate of drug-likeness (QED) is 0.828. The van der Waals surface area contributed by atoms with Gasteiger partial charge in [-0.05, 0) is 41.5 Å². The normalized spacial score (nSPS) is 11.0. The van der Waals surface area contributed by atoms with E-state index in [4.69, 9.17) is 11.6 Å². The zero-order valence-electron chi connectivity index (χ0n) is 12.4. The molecule has 24 heavy (non-hydrogen) atoms. The summed E-state index contributed by atoms with van der Waals surface area (Å²) in [4.78, 5) is 22.6. The predicted octanol–water partition coefficient (Wildman–Crippen LogP) is 1.26. The number of benzene rings is 2. The number of hydrogen-bond donors (Lipinski definition) is 1. The highest BCUT2D eigenvalue weighted by Gasteiger charge is 2.18. The highest BCUT2D eigenvalue weighted by atomic mass is 35.5. The van der Waals surface area contributed by atoms with E-state index in [1.165, 1.54) is 24.3 Å². The van der Waals surface area contributed by atoms with Crippen LogP contribution in [-0.2, 0) is 20.4 Å². The van der Waals surface area contributed by atoms with Gasteiger partial charge < -0.3 is 15.2 Å². The molecule has 0 radical (unpaired) electrons. The molecule has 0 aliphatic heterocycles. The van der Waals surface area contributed by atoms with Crippen LogP contribution in [0.2, 0.25) is 5.02 Å². The molecule has 1 amide bonds. The number of carboxylic acids is 1. The molecule has 2 aromatic rings. The molecular formula is C16H13ClNO5S-. The van der Waals surface area contributed by atoms with Crippen LogP contribution in [0.4, 0.5) is 5.69 Å². The average Bonchev–Trinajstić information content (AvgIpc) is 2.48. The number of carbonyl (C=O) groups is 2. The van der Waals surface area contributed by atoms with Crippen molar-refractivity contribution >= 4 is 39.0 Å². The van der Waals surface area contributed by atoms with E-state index in [2.05, 4.69) is 5.32 Å². The van der Waals surface area contributed by atoms with Crippen molar-refractivity contribution < 1.29 is 23.1 Å². The Bertz CT molecular complexity index is 862. The second kappa shape index (κ2) is 7.46. The molecule has 0 saturated heterocycles. The van der Waals surface area contributed by atoms with E-state index in [0.29, 0.717) is 10.7 Å². The summed E-state index contributed by atoms with van der Waals surface area (Å²) >= 11 is 5.73. The fourth-order valence-corrected chi connectivity index (χ4v) is 3.41. The van der Waals surface area contributed by atoms with E-state index >= 15 is 0 Å². The fourth-order valence-electron chi connectivity index (χ4n) is 2.02. The molecule has 0 aliphatic rings. The number of aromatic carboxylic acids is 1. The summed E-state index contributed by atoms with van der Waals surface area (Å²) in [5.74, 6) is -3.24. The Labute approximate surface area is 144 Å². The Kier molecular flexibility index (Phi) is 5.58. The van der Waals surface area contributed by atoms with Crippen LogP contribution >= 0.6 is 11.6 Å². The van der Waals surface area contributed by atoms with Crippen molar-refractivity contribution in [3.8, 4) is 0 Å². The van der Waals surface area contributed by atoms with E-state index in [1.54, 1.807) is 24.3 Å². The number of nitrogens with one attached hydrogen (secondary N) is 1. The first-order valence-corrected chi connectivity index (χ1v) is 9.01. The Hall–Kier alpha value is -2.38. The first-order valence-electron chi connectivity index (χ1n) is 6.81. The van der Waals surface area contributed by atoms with Crippen LogP contribution in [-0.4, -0.2) is 26.0 Å². The van der Waals surface area contributed by atoms with Gasteiger partial charge in [0.15, 0.2) is 9.84 Å². The van der Waals surface area contributed by atoms with E-state index in [9.17, 15) is 23.1 Å². The van der Waals surface area contributed by atoms with Crippen LogP contribution in [0.15, 0.2) is 48.5 Å². The third kappa shape index (κ3) is 5.36. The monoisotopic (exact) mass is 366 g/mol. The van der Waals surface area contributed by atoms with Crippen molar-refractivity contribution in [1.82, 2.24) is 0 Å². The zero-order chi connectivity index (χ0) is 17.7. The second-order valence-electron chi connectivity index (χ2n) is 5.08. The van der Waals surface area contributed by atoms with Gasteiger partial charge in [0.2, 0.25) is 5.91 Å². The molecule has 0 unspecified atom stereocenters. The topological polar surface area (TPSA) is 103 Å². The standard InChI is InChI=1S/C16H14ClNO5S/c17-13-4-6-14(7-5-13)18-15(19)10-24(22,23)9-11-2-1-3-12(8-11)16(20)21/h1-8H,9-10H2,(H,18,19)(H,20,21)/p-1. The van der Waals surface area contributed by atoms with Crippen molar-refractivity contribution in [2.45, 2.75) is 5.75 Å². The SMILES string of the molecule is O=C(CS(=O)(=O)Cc1cccc(C(=O)[O-])c1)Nc1ccc(Cl)cc1. The Morgan fingerprint density at radius 1 is 1.08 bits per heavy atom. The van der Waals surface area contributed by atoms with Crippen LogP contribution in [0.25, 0.3) is 0 Å².